The number of ether oxygens (including phenoxy) is 1. The van der Waals surface area contributed by atoms with E-state index in [0.29, 0.717) is 0 Å². The highest BCUT2D eigenvalue weighted by atomic mass is 28.4. The third-order valence-corrected chi connectivity index (χ3v) is 9.88. The molecule has 1 N–H and O–H groups in total. The minimum absolute atomic E-state index is 0.175. The summed E-state index contributed by atoms with van der Waals surface area (Å²) in [5.74, 6) is -0.804. The van der Waals surface area contributed by atoms with Gasteiger partial charge >= 0.3 is 5.97 Å². The van der Waals surface area contributed by atoms with Gasteiger partial charge in [-0.1, -0.05) is 86.5 Å². The molecular formula is C21H27N3O4Si. The zero-order chi connectivity index (χ0) is 21.5. The monoisotopic (exact) mass is 413 g/mol. The highest BCUT2D eigenvalue weighted by Crippen LogP contribution is 2.36. The van der Waals surface area contributed by atoms with Crippen molar-refractivity contribution in [2.24, 2.45) is 5.11 Å². The van der Waals surface area contributed by atoms with Crippen molar-refractivity contribution in [3.63, 3.8) is 0 Å². The van der Waals surface area contributed by atoms with Crippen LogP contribution in [0.2, 0.25) is 5.04 Å². The molecule has 0 aliphatic carbocycles. The van der Waals surface area contributed by atoms with Crippen molar-refractivity contribution in [2.75, 3.05) is 13.7 Å². The van der Waals surface area contributed by atoms with Gasteiger partial charge in [0.25, 0.3) is 8.32 Å². The van der Waals surface area contributed by atoms with E-state index in [2.05, 4.69) is 35.5 Å². The number of carbonyl (C=O) groups is 1. The Kier molecular flexibility index (Phi) is 7.58. The molecule has 0 saturated heterocycles. The van der Waals surface area contributed by atoms with Crippen LogP contribution in [0.15, 0.2) is 65.8 Å². The van der Waals surface area contributed by atoms with E-state index in [4.69, 9.17) is 9.96 Å². The van der Waals surface area contributed by atoms with E-state index in [0.717, 1.165) is 10.4 Å². The van der Waals surface area contributed by atoms with Gasteiger partial charge in [0, 0.05) is 4.91 Å². The molecule has 7 nitrogen and oxygen atoms in total. The molecule has 0 fully saturated rings. The first-order chi connectivity index (χ1) is 13.8. The molecule has 154 valence electrons. The van der Waals surface area contributed by atoms with Crippen LogP contribution in [0.3, 0.4) is 0 Å². The number of benzene rings is 2. The Morgan fingerprint density at radius 1 is 1.10 bits per heavy atom. The number of aliphatic hydroxyl groups is 1. The Morgan fingerprint density at radius 3 is 1.97 bits per heavy atom. The summed E-state index contributed by atoms with van der Waals surface area (Å²) >= 11 is 0. The highest BCUT2D eigenvalue weighted by Gasteiger charge is 2.50. The maximum Gasteiger partial charge on any atom is 0.317 e. The molecule has 2 aromatic carbocycles. The lowest BCUT2D eigenvalue weighted by molar-refractivity contribution is -0.145. The van der Waals surface area contributed by atoms with Crippen molar-refractivity contribution in [2.45, 2.75) is 38.0 Å². The van der Waals surface area contributed by atoms with Crippen molar-refractivity contribution in [3.8, 4) is 0 Å². The normalized spacial score (nSPS) is 13.8. The van der Waals surface area contributed by atoms with Gasteiger partial charge in [0.1, 0.15) is 0 Å². The van der Waals surface area contributed by atoms with Crippen molar-refractivity contribution >= 4 is 24.7 Å². The summed E-state index contributed by atoms with van der Waals surface area (Å²) in [5.41, 5.74) is 8.75. The Hall–Kier alpha value is -2.64. The smallest absolute Gasteiger partial charge is 0.317 e. The molecule has 2 rings (SSSR count). The minimum atomic E-state index is -2.87. The molecule has 0 heterocycles. The summed E-state index contributed by atoms with van der Waals surface area (Å²) in [6.45, 7) is 6.15. The number of hydrogen-bond acceptors (Lipinski definition) is 5. The molecule has 0 bridgehead atoms. The van der Waals surface area contributed by atoms with E-state index >= 15 is 0 Å². The Bertz CT molecular complexity index is 810. The molecule has 0 radical (unpaired) electrons. The first-order valence-electron chi connectivity index (χ1n) is 9.33. The van der Waals surface area contributed by atoms with Gasteiger partial charge in [-0.15, -0.1) is 0 Å². The molecule has 2 aromatic rings. The van der Waals surface area contributed by atoms with Crippen molar-refractivity contribution in [1.82, 2.24) is 0 Å². The van der Waals surface area contributed by atoms with E-state index in [1.807, 2.05) is 60.7 Å². The first-order valence-corrected chi connectivity index (χ1v) is 11.2. The van der Waals surface area contributed by atoms with Crippen LogP contribution in [0, 0.1) is 0 Å². The summed E-state index contributed by atoms with van der Waals surface area (Å²) in [6, 6.07) is 18.5. The maximum atomic E-state index is 11.9. The van der Waals surface area contributed by atoms with Crippen LogP contribution in [0.25, 0.3) is 10.4 Å². The molecular weight excluding hydrogens is 386 g/mol. The van der Waals surface area contributed by atoms with Gasteiger partial charge in [-0.3, -0.25) is 4.79 Å². The van der Waals surface area contributed by atoms with Gasteiger partial charge < -0.3 is 14.3 Å². The first kappa shape index (κ1) is 22.6. The van der Waals surface area contributed by atoms with Crippen LogP contribution in [-0.4, -0.2) is 45.3 Å². The SMILES string of the molecule is COC(=O)[C@@H](N=[N+]=[N-])[C@@H](O)CO[Si](c1ccccc1)(c1ccccc1)C(C)(C)C. The van der Waals surface area contributed by atoms with Gasteiger partial charge in [0.2, 0.25) is 0 Å². The van der Waals surface area contributed by atoms with Crippen molar-refractivity contribution < 1.29 is 19.1 Å². The van der Waals surface area contributed by atoms with Crippen molar-refractivity contribution in [3.05, 3.63) is 71.1 Å². The number of nitrogens with zero attached hydrogens (tertiary/aromatic N) is 3. The molecule has 0 saturated carbocycles. The predicted octanol–water partition coefficient (Wildman–Crippen LogP) is 2.78. The van der Waals surface area contributed by atoms with Crippen LogP contribution in [0.1, 0.15) is 20.8 Å². The average Bonchev–Trinajstić information content (AvgIpc) is 2.72. The van der Waals surface area contributed by atoms with Crippen molar-refractivity contribution in [1.29, 1.82) is 0 Å². The zero-order valence-corrected chi connectivity index (χ0v) is 18.1. The van der Waals surface area contributed by atoms with Crippen LogP contribution >= 0.6 is 0 Å². The third-order valence-electron chi connectivity index (χ3n) is 4.87. The second-order valence-corrected chi connectivity index (χ2v) is 12.0. The molecule has 2 atom stereocenters. The highest BCUT2D eigenvalue weighted by molar-refractivity contribution is 6.99. The topological polar surface area (TPSA) is 105 Å². The van der Waals surface area contributed by atoms with Crippen LogP contribution in [0.5, 0.6) is 0 Å². The molecule has 0 aromatic heterocycles. The van der Waals surface area contributed by atoms with E-state index in [-0.39, 0.29) is 11.6 Å². The van der Waals surface area contributed by atoms with Crippen LogP contribution in [0.4, 0.5) is 0 Å². The van der Waals surface area contributed by atoms with Gasteiger partial charge in [-0.05, 0) is 20.9 Å². The molecule has 0 aliphatic heterocycles. The number of carbonyl (C=O) groups excluding carboxylic acids is 1. The van der Waals surface area contributed by atoms with Crippen LogP contribution < -0.4 is 10.4 Å². The summed E-state index contributed by atoms with van der Waals surface area (Å²) in [6.07, 6.45) is -1.33. The Morgan fingerprint density at radius 2 is 1.59 bits per heavy atom. The van der Waals surface area contributed by atoms with E-state index < -0.39 is 26.4 Å². The summed E-state index contributed by atoms with van der Waals surface area (Å²) in [5, 5.41) is 15.8. The number of esters is 1. The van der Waals surface area contributed by atoms with Gasteiger partial charge in [0.05, 0.1) is 19.8 Å². The molecule has 0 unspecified atom stereocenters. The third kappa shape index (κ3) is 4.86. The minimum Gasteiger partial charge on any atom is -0.469 e. The predicted molar refractivity (Wildman–Crippen MR) is 115 cm³/mol. The number of hydrogen-bond donors (Lipinski definition) is 1. The Balaban J connectivity index is 2.51. The Labute approximate surface area is 172 Å². The average molecular weight is 414 g/mol. The van der Waals surface area contributed by atoms with Gasteiger partial charge in [-0.25, -0.2) is 0 Å². The second kappa shape index (κ2) is 9.71. The molecule has 0 amide bonds. The van der Waals surface area contributed by atoms with Gasteiger partial charge in [-0.2, -0.15) is 0 Å². The molecule has 29 heavy (non-hydrogen) atoms. The van der Waals surface area contributed by atoms with E-state index in [1.165, 1.54) is 7.11 Å². The summed E-state index contributed by atoms with van der Waals surface area (Å²) in [4.78, 5) is 14.6. The standard InChI is InChI=1S/C21H27N3O4Si/c1-21(2,3)29(16-11-7-5-8-12-16,17-13-9-6-10-14-17)28-15-18(25)19(23-24-22)20(26)27-4/h5-14,18-19,25H,15H2,1-4H3/t18-,19-/m0/s1. The fourth-order valence-corrected chi connectivity index (χ4v) is 8.10. The number of rotatable bonds is 8. The van der Waals surface area contributed by atoms with E-state index in [1.54, 1.807) is 0 Å². The number of aliphatic hydroxyl groups excluding tert-OH is 1. The summed E-state index contributed by atoms with van der Waals surface area (Å²) < 4.78 is 11.2. The molecule has 0 spiro atoms. The van der Waals surface area contributed by atoms with Crippen LogP contribution in [-0.2, 0) is 14.0 Å². The van der Waals surface area contributed by atoms with Gasteiger partial charge in [0.15, 0.2) is 6.04 Å². The lowest BCUT2D eigenvalue weighted by Gasteiger charge is -2.43. The molecule has 0 aliphatic rings. The second-order valence-electron chi connectivity index (χ2n) is 7.71. The number of methoxy groups -OCH3 is 1. The fourth-order valence-electron chi connectivity index (χ4n) is 3.52. The fraction of sp³-hybridized carbons (Fsp3) is 0.381. The number of azide groups is 1. The largest absolute Gasteiger partial charge is 0.469 e. The lowest BCUT2D eigenvalue weighted by Crippen LogP contribution is -2.67. The maximum absolute atomic E-state index is 11.9. The molecule has 8 heteroatoms. The lowest BCUT2D eigenvalue weighted by atomic mass is 10.2. The van der Waals surface area contributed by atoms with E-state index in [9.17, 15) is 9.90 Å². The zero-order valence-electron chi connectivity index (χ0n) is 17.1. The quantitative estimate of drug-likeness (QED) is 0.236. The summed E-state index contributed by atoms with van der Waals surface area (Å²) in [7, 11) is -1.69.